The SMILES string of the molecule is CCCCOCCNCc1cccc(F)c1. The van der Waals surface area contributed by atoms with E-state index in [0.717, 1.165) is 38.2 Å². The molecular formula is C13H20FNO. The summed E-state index contributed by atoms with van der Waals surface area (Å²) in [4.78, 5) is 0. The Kier molecular flexibility index (Phi) is 6.77. The van der Waals surface area contributed by atoms with E-state index in [1.807, 2.05) is 6.07 Å². The second-order valence-corrected chi connectivity index (χ2v) is 3.77. The topological polar surface area (TPSA) is 21.3 Å². The smallest absolute Gasteiger partial charge is 0.123 e. The van der Waals surface area contributed by atoms with E-state index in [-0.39, 0.29) is 5.82 Å². The predicted molar refractivity (Wildman–Crippen MR) is 63.8 cm³/mol. The number of hydrogen-bond donors (Lipinski definition) is 1. The standard InChI is InChI=1S/C13H20FNO/c1-2-3-8-16-9-7-15-11-12-5-4-6-13(14)10-12/h4-6,10,15H,2-3,7-9,11H2,1H3. The third-order valence-corrected chi connectivity index (χ3v) is 2.28. The lowest BCUT2D eigenvalue weighted by molar-refractivity contribution is 0.133. The number of benzene rings is 1. The van der Waals surface area contributed by atoms with Crippen molar-refractivity contribution in [2.75, 3.05) is 19.8 Å². The Balaban J connectivity index is 2.03. The highest BCUT2D eigenvalue weighted by Gasteiger charge is 1.94. The molecule has 90 valence electrons. The van der Waals surface area contributed by atoms with E-state index in [2.05, 4.69) is 12.2 Å². The third-order valence-electron chi connectivity index (χ3n) is 2.28. The van der Waals surface area contributed by atoms with Crippen molar-refractivity contribution in [3.63, 3.8) is 0 Å². The molecule has 0 unspecified atom stereocenters. The molecule has 0 bridgehead atoms. The summed E-state index contributed by atoms with van der Waals surface area (Å²) in [6, 6.07) is 6.64. The molecule has 2 nitrogen and oxygen atoms in total. The van der Waals surface area contributed by atoms with Crippen molar-refractivity contribution >= 4 is 0 Å². The zero-order valence-electron chi connectivity index (χ0n) is 9.84. The van der Waals surface area contributed by atoms with Crippen LogP contribution in [0.5, 0.6) is 0 Å². The largest absolute Gasteiger partial charge is 0.380 e. The number of ether oxygens (including phenoxy) is 1. The monoisotopic (exact) mass is 225 g/mol. The maximum absolute atomic E-state index is 12.8. The maximum atomic E-state index is 12.8. The van der Waals surface area contributed by atoms with Gasteiger partial charge in [0.2, 0.25) is 0 Å². The molecule has 1 rings (SSSR count). The van der Waals surface area contributed by atoms with Crippen LogP contribution in [0, 0.1) is 5.82 Å². The van der Waals surface area contributed by atoms with Crippen molar-refractivity contribution in [3.8, 4) is 0 Å². The number of halogens is 1. The van der Waals surface area contributed by atoms with Crippen molar-refractivity contribution in [1.82, 2.24) is 5.32 Å². The summed E-state index contributed by atoms with van der Waals surface area (Å²) in [5, 5.41) is 3.21. The molecule has 0 aliphatic carbocycles. The normalized spacial score (nSPS) is 10.6. The minimum Gasteiger partial charge on any atom is -0.380 e. The van der Waals surface area contributed by atoms with Gasteiger partial charge in [0.05, 0.1) is 6.61 Å². The van der Waals surface area contributed by atoms with E-state index in [0.29, 0.717) is 6.54 Å². The lowest BCUT2D eigenvalue weighted by Gasteiger charge is -2.06. The molecule has 1 aromatic rings. The highest BCUT2D eigenvalue weighted by atomic mass is 19.1. The molecule has 0 saturated carbocycles. The lowest BCUT2D eigenvalue weighted by Crippen LogP contribution is -2.19. The Morgan fingerprint density at radius 3 is 2.94 bits per heavy atom. The van der Waals surface area contributed by atoms with E-state index >= 15 is 0 Å². The van der Waals surface area contributed by atoms with Crippen molar-refractivity contribution in [3.05, 3.63) is 35.6 Å². The average molecular weight is 225 g/mol. The van der Waals surface area contributed by atoms with Crippen LogP contribution in [0.1, 0.15) is 25.3 Å². The van der Waals surface area contributed by atoms with Gasteiger partial charge in [0.25, 0.3) is 0 Å². The van der Waals surface area contributed by atoms with Crippen molar-refractivity contribution < 1.29 is 9.13 Å². The first-order valence-corrected chi connectivity index (χ1v) is 5.86. The molecule has 0 atom stereocenters. The molecule has 0 aromatic heterocycles. The molecule has 0 fully saturated rings. The summed E-state index contributed by atoms with van der Waals surface area (Å²) < 4.78 is 18.2. The molecule has 3 heteroatoms. The van der Waals surface area contributed by atoms with Crippen LogP contribution < -0.4 is 5.32 Å². The second kappa shape index (κ2) is 8.25. The van der Waals surface area contributed by atoms with Crippen molar-refractivity contribution in [1.29, 1.82) is 0 Å². The van der Waals surface area contributed by atoms with E-state index in [9.17, 15) is 4.39 Å². The molecule has 1 N–H and O–H groups in total. The molecule has 0 aliphatic heterocycles. The van der Waals surface area contributed by atoms with Crippen LogP contribution in [0.3, 0.4) is 0 Å². The van der Waals surface area contributed by atoms with Crippen molar-refractivity contribution in [2.45, 2.75) is 26.3 Å². The van der Waals surface area contributed by atoms with Gasteiger partial charge in [0, 0.05) is 19.7 Å². The van der Waals surface area contributed by atoms with Gasteiger partial charge in [0.1, 0.15) is 5.82 Å². The van der Waals surface area contributed by atoms with Gasteiger partial charge in [0.15, 0.2) is 0 Å². The fourth-order valence-corrected chi connectivity index (χ4v) is 1.37. The zero-order valence-corrected chi connectivity index (χ0v) is 9.84. The van der Waals surface area contributed by atoms with Crippen molar-refractivity contribution in [2.24, 2.45) is 0 Å². The molecule has 0 radical (unpaired) electrons. The van der Waals surface area contributed by atoms with E-state index < -0.39 is 0 Å². The van der Waals surface area contributed by atoms with Crippen LogP contribution in [-0.2, 0) is 11.3 Å². The first kappa shape index (κ1) is 13.1. The van der Waals surface area contributed by atoms with E-state index in [4.69, 9.17) is 4.74 Å². The quantitative estimate of drug-likeness (QED) is 0.687. The van der Waals surface area contributed by atoms with Gasteiger partial charge >= 0.3 is 0 Å². The molecule has 0 spiro atoms. The Labute approximate surface area is 96.8 Å². The summed E-state index contributed by atoms with van der Waals surface area (Å²) in [6.07, 6.45) is 2.28. The third kappa shape index (κ3) is 5.83. The van der Waals surface area contributed by atoms with Gasteiger partial charge in [-0.1, -0.05) is 25.5 Å². The van der Waals surface area contributed by atoms with Gasteiger partial charge in [-0.15, -0.1) is 0 Å². The molecule has 0 heterocycles. The van der Waals surface area contributed by atoms with Crippen LogP contribution in [0.25, 0.3) is 0 Å². The summed E-state index contributed by atoms with van der Waals surface area (Å²) in [6.45, 7) is 5.19. The van der Waals surface area contributed by atoms with Crippen LogP contribution in [-0.4, -0.2) is 19.8 Å². The van der Waals surface area contributed by atoms with Gasteiger partial charge < -0.3 is 10.1 Å². The van der Waals surface area contributed by atoms with E-state index in [1.165, 1.54) is 6.07 Å². The van der Waals surface area contributed by atoms with E-state index in [1.54, 1.807) is 12.1 Å². The van der Waals surface area contributed by atoms with Crippen LogP contribution in [0.4, 0.5) is 4.39 Å². The highest BCUT2D eigenvalue weighted by Crippen LogP contribution is 2.02. The first-order chi connectivity index (χ1) is 7.83. The number of hydrogen-bond acceptors (Lipinski definition) is 2. The van der Waals surface area contributed by atoms with Crippen LogP contribution in [0.15, 0.2) is 24.3 Å². The minimum absolute atomic E-state index is 0.182. The zero-order chi connectivity index (χ0) is 11.6. The molecule has 16 heavy (non-hydrogen) atoms. The fraction of sp³-hybridized carbons (Fsp3) is 0.538. The van der Waals surface area contributed by atoms with Crippen LogP contribution in [0.2, 0.25) is 0 Å². The number of nitrogens with one attached hydrogen (secondary N) is 1. The summed E-state index contributed by atoms with van der Waals surface area (Å²) in [7, 11) is 0. The summed E-state index contributed by atoms with van der Waals surface area (Å²) >= 11 is 0. The first-order valence-electron chi connectivity index (χ1n) is 5.86. The van der Waals surface area contributed by atoms with Gasteiger partial charge in [-0.05, 0) is 24.1 Å². The lowest BCUT2D eigenvalue weighted by atomic mass is 10.2. The highest BCUT2D eigenvalue weighted by molar-refractivity contribution is 5.15. The maximum Gasteiger partial charge on any atom is 0.123 e. The van der Waals surface area contributed by atoms with Gasteiger partial charge in [-0.2, -0.15) is 0 Å². The Hall–Kier alpha value is -0.930. The van der Waals surface area contributed by atoms with Gasteiger partial charge in [-0.25, -0.2) is 4.39 Å². The molecule has 0 saturated heterocycles. The number of unbranched alkanes of at least 4 members (excludes halogenated alkanes) is 1. The fourth-order valence-electron chi connectivity index (χ4n) is 1.37. The predicted octanol–water partition coefficient (Wildman–Crippen LogP) is 2.73. The Bertz CT molecular complexity index is 291. The van der Waals surface area contributed by atoms with Crippen LogP contribution >= 0.6 is 0 Å². The molecular weight excluding hydrogens is 205 g/mol. The average Bonchev–Trinajstić information content (AvgIpc) is 2.28. The summed E-state index contributed by atoms with van der Waals surface area (Å²) in [5.74, 6) is -0.182. The Morgan fingerprint density at radius 2 is 2.19 bits per heavy atom. The number of rotatable bonds is 8. The minimum atomic E-state index is -0.182. The molecule has 0 aliphatic rings. The molecule has 1 aromatic carbocycles. The van der Waals surface area contributed by atoms with Gasteiger partial charge in [-0.3, -0.25) is 0 Å². The molecule has 0 amide bonds. The second-order valence-electron chi connectivity index (χ2n) is 3.77. The summed E-state index contributed by atoms with van der Waals surface area (Å²) in [5.41, 5.74) is 0.966. The Morgan fingerprint density at radius 1 is 1.31 bits per heavy atom.